The van der Waals surface area contributed by atoms with Gasteiger partial charge in [0, 0.05) is 25.6 Å². The first-order valence-electron chi connectivity index (χ1n) is 5.86. The van der Waals surface area contributed by atoms with Crippen LogP contribution in [0.5, 0.6) is 0 Å². The summed E-state index contributed by atoms with van der Waals surface area (Å²) in [6.07, 6.45) is 0.962. The number of likely N-dealkylation sites (tertiary alicyclic amines) is 1. The normalized spacial score (nSPS) is 25.7. The van der Waals surface area contributed by atoms with Crippen LogP contribution in [0.4, 0.5) is 4.79 Å². The van der Waals surface area contributed by atoms with Crippen molar-refractivity contribution in [2.75, 3.05) is 13.2 Å². The highest BCUT2D eigenvalue weighted by Crippen LogP contribution is 2.22. The zero-order valence-corrected chi connectivity index (χ0v) is 10.2. The van der Waals surface area contributed by atoms with Gasteiger partial charge in [0.15, 0.2) is 0 Å². The van der Waals surface area contributed by atoms with Crippen LogP contribution in [-0.4, -0.2) is 52.3 Å². The highest BCUT2D eigenvalue weighted by molar-refractivity contribution is 5.82. The Morgan fingerprint density at radius 3 is 2.53 bits per heavy atom. The number of urea groups is 1. The van der Waals surface area contributed by atoms with Crippen LogP contribution < -0.4 is 5.32 Å². The highest BCUT2D eigenvalue weighted by atomic mass is 16.4. The summed E-state index contributed by atoms with van der Waals surface area (Å²) in [5, 5.41) is 20.0. The second-order valence-electron chi connectivity index (χ2n) is 4.69. The molecule has 0 saturated carbocycles. The molecule has 17 heavy (non-hydrogen) atoms. The van der Waals surface area contributed by atoms with Gasteiger partial charge in [-0.3, -0.25) is 0 Å². The number of aliphatic carboxylic acids is 1. The molecule has 1 heterocycles. The van der Waals surface area contributed by atoms with Crippen LogP contribution >= 0.6 is 0 Å². The molecule has 0 aliphatic carbocycles. The van der Waals surface area contributed by atoms with E-state index in [1.807, 2.05) is 6.92 Å². The van der Waals surface area contributed by atoms with Gasteiger partial charge < -0.3 is 20.4 Å². The molecule has 1 fully saturated rings. The van der Waals surface area contributed by atoms with E-state index in [1.165, 1.54) is 0 Å². The van der Waals surface area contributed by atoms with Gasteiger partial charge in [-0.25, -0.2) is 9.59 Å². The lowest BCUT2D eigenvalue weighted by Gasteiger charge is -2.24. The quantitative estimate of drug-likeness (QED) is 0.661. The van der Waals surface area contributed by atoms with Crippen molar-refractivity contribution in [1.82, 2.24) is 10.2 Å². The van der Waals surface area contributed by atoms with E-state index < -0.39 is 12.0 Å². The Balaban J connectivity index is 2.55. The molecule has 1 aliphatic heterocycles. The molecule has 1 saturated heterocycles. The Morgan fingerprint density at radius 2 is 2.12 bits per heavy atom. The van der Waals surface area contributed by atoms with Crippen LogP contribution in [0.15, 0.2) is 0 Å². The van der Waals surface area contributed by atoms with E-state index in [4.69, 9.17) is 10.2 Å². The summed E-state index contributed by atoms with van der Waals surface area (Å²) >= 11 is 0. The fourth-order valence-electron chi connectivity index (χ4n) is 2.20. The van der Waals surface area contributed by atoms with Gasteiger partial charge in [-0.1, -0.05) is 6.92 Å². The maximum atomic E-state index is 11.9. The van der Waals surface area contributed by atoms with Gasteiger partial charge in [-0.2, -0.15) is 0 Å². The van der Waals surface area contributed by atoms with Crippen LogP contribution in [0.1, 0.15) is 26.7 Å². The maximum absolute atomic E-state index is 11.9. The van der Waals surface area contributed by atoms with Gasteiger partial charge in [0.05, 0.1) is 0 Å². The molecular weight excluding hydrogens is 224 g/mol. The monoisotopic (exact) mass is 244 g/mol. The van der Waals surface area contributed by atoms with E-state index in [-0.39, 0.29) is 25.1 Å². The number of nitrogens with zero attached hydrogens (tertiary/aromatic N) is 1. The summed E-state index contributed by atoms with van der Waals surface area (Å²) in [5.74, 6) is -0.677. The molecule has 1 rings (SSSR count). The smallest absolute Gasteiger partial charge is 0.326 e. The van der Waals surface area contributed by atoms with Crippen LogP contribution in [0, 0.1) is 5.92 Å². The van der Waals surface area contributed by atoms with E-state index in [0.717, 1.165) is 6.42 Å². The Labute approximate surface area is 101 Å². The van der Waals surface area contributed by atoms with Crippen LogP contribution in [0.3, 0.4) is 0 Å². The summed E-state index contributed by atoms with van der Waals surface area (Å²) in [6, 6.07) is -1.24. The van der Waals surface area contributed by atoms with Gasteiger partial charge in [0.1, 0.15) is 6.04 Å². The molecule has 98 valence electrons. The Morgan fingerprint density at radius 1 is 1.47 bits per heavy atom. The number of rotatable bonds is 4. The molecule has 2 unspecified atom stereocenters. The lowest BCUT2D eigenvalue weighted by molar-refractivity contribution is -0.139. The largest absolute Gasteiger partial charge is 0.480 e. The molecule has 1 aliphatic rings. The van der Waals surface area contributed by atoms with E-state index in [2.05, 4.69) is 12.2 Å². The van der Waals surface area contributed by atoms with Crippen molar-refractivity contribution >= 4 is 12.0 Å². The van der Waals surface area contributed by atoms with Crippen LogP contribution in [-0.2, 0) is 4.79 Å². The second kappa shape index (κ2) is 5.86. The van der Waals surface area contributed by atoms with Crippen molar-refractivity contribution in [2.24, 2.45) is 5.92 Å². The minimum Gasteiger partial charge on any atom is -0.480 e. The van der Waals surface area contributed by atoms with Crippen LogP contribution in [0.25, 0.3) is 0 Å². The number of hydrogen-bond donors (Lipinski definition) is 3. The summed E-state index contributed by atoms with van der Waals surface area (Å²) in [5.41, 5.74) is 0. The number of amides is 2. The molecule has 3 atom stereocenters. The van der Waals surface area contributed by atoms with Crippen molar-refractivity contribution in [3.63, 3.8) is 0 Å². The molecule has 0 aromatic rings. The van der Waals surface area contributed by atoms with Crippen molar-refractivity contribution < 1.29 is 19.8 Å². The topological polar surface area (TPSA) is 89.9 Å². The van der Waals surface area contributed by atoms with Crippen molar-refractivity contribution in [3.8, 4) is 0 Å². The van der Waals surface area contributed by atoms with Crippen molar-refractivity contribution in [2.45, 2.75) is 38.8 Å². The average Bonchev–Trinajstić information content (AvgIpc) is 2.57. The predicted octanol–water partition coefficient (Wildman–Crippen LogP) is 0.262. The summed E-state index contributed by atoms with van der Waals surface area (Å²) in [4.78, 5) is 24.4. The summed E-state index contributed by atoms with van der Waals surface area (Å²) in [6.45, 7) is 4.40. The van der Waals surface area contributed by atoms with E-state index in [1.54, 1.807) is 4.90 Å². The highest BCUT2D eigenvalue weighted by Gasteiger charge is 2.31. The third-order valence-electron chi connectivity index (χ3n) is 3.06. The summed E-state index contributed by atoms with van der Waals surface area (Å²) in [7, 11) is 0. The number of carbonyl (C=O) groups is 2. The molecule has 0 bridgehead atoms. The zero-order valence-electron chi connectivity index (χ0n) is 10.2. The van der Waals surface area contributed by atoms with Gasteiger partial charge >= 0.3 is 12.0 Å². The molecule has 0 radical (unpaired) electrons. The standard InChI is InChI=1S/C11H20N2O4/c1-7-5-8(2)13(6-7)11(17)12-9(3-4-14)10(15)16/h7-9,14H,3-6H2,1-2H3,(H,12,17)(H,15,16)/t7?,8?,9-/m1/s1. The molecule has 0 aromatic heterocycles. The predicted molar refractivity (Wildman–Crippen MR) is 61.6 cm³/mol. The average molecular weight is 244 g/mol. The van der Waals surface area contributed by atoms with E-state index in [0.29, 0.717) is 12.5 Å². The Bertz CT molecular complexity index is 295. The lowest BCUT2D eigenvalue weighted by atomic mass is 10.1. The van der Waals surface area contributed by atoms with Crippen molar-refractivity contribution in [3.05, 3.63) is 0 Å². The second-order valence-corrected chi connectivity index (χ2v) is 4.69. The molecule has 6 heteroatoms. The first-order valence-corrected chi connectivity index (χ1v) is 5.86. The molecule has 3 N–H and O–H groups in total. The number of carbonyl (C=O) groups excluding carboxylic acids is 1. The molecule has 2 amide bonds. The number of hydrogen-bond acceptors (Lipinski definition) is 3. The third kappa shape index (κ3) is 3.59. The SMILES string of the molecule is CC1CC(C)N(C(=O)N[C@H](CCO)C(=O)O)C1. The fraction of sp³-hybridized carbons (Fsp3) is 0.818. The number of aliphatic hydroxyl groups excluding tert-OH is 1. The van der Waals surface area contributed by atoms with Crippen LogP contribution in [0.2, 0.25) is 0 Å². The van der Waals surface area contributed by atoms with Gasteiger partial charge in [0.2, 0.25) is 0 Å². The minimum absolute atomic E-state index is 0.0266. The number of carboxylic acids is 1. The molecular formula is C11H20N2O4. The molecule has 6 nitrogen and oxygen atoms in total. The molecule has 0 aromatic carbocycles. The third-order valence-corrected chi connectivity index (χ3v) is 3.06. The van der Waals surface area contributed by atoms with Gasteiger partial charge in [-0.15, -0.1) is 0 Å². The summed E-state index contributed by atoms with van der Waals surface area (Å²) < 4.78 is 0. The lowest BCUT2D eigenvalue weighted by Crippen LogP contribution is -2.49. The maximum Gasteiger partial charge on any atom is 0.326 e. The Kier molecular flexibility index (Phi) is 4.74. The number of carboxylic acid groups (broad SMARTS) is 1. The van der Waals surface area contributed by atoms with Gasteiger partial charge in [0.25, 0.3) is 0 Å². The molecule has 0 spiro atoms. The first kappa shape index (κ1) is 13.8. The van der Waals surface area contributed by atoms with E-state index >= 15 is 0 Å². The number of aliphatic hydroxyl groups is 1. The first-order chi connectivity index (χ1) is 7.95. The van der Waals surface area contributed by atoms with Gasteiger partial charge in [-0.05, 0) is 19.3 Å². The van der Waals surface area contributed by atoms with E-state index in [9.17, 15) is 9.59 Å². The zero-order chi connectivity index (χ0) is 13.0. The fourth-order valence-corrected chi connectivity index (χ4v) is 2.20. The van der Waals surface area contributed by atoms with Crippen molar-refractivity contribution in [1.29, 1.82) is 0 Å². The number of nitrogens with one attached hydrogen (secondary N) is 1. The Hall–Kier alpha value is -1.30. The minimum atomic E-state index is -1.12.